The molecule has 0 atom stereocenters. The molecule has 8 nitrogen and oxygen atoms in total. The van der Waals surface area contributed by atoms with Crippen LogP contribution in [0.4, 0.5) is 4.79 Å². The third-order valence-corrected chi connectivity index (χ3v) is 5.77. The van der Waals surface area contributed by atoms with Crippen LogP contribution >= 0.6 is 0 Å². The van der Waals surface area contributed by atoms with Gasteiger partial charge in [-0.2, -0.15) is 0 Å². The largest absolute Gasteiger partial charge is 0.444 e. The lowest BCUT2D eigenvalue weighted by Gasteiger charge is -2.33. The Labute approximate surface area is 166 Å². The lowest BCUT2D eigenvalue weighted by atomic mass is 10.0. The Morgan fingerprint density at radius 2 is 1.86 bits per heavy atom. The zero-order chi connectivity index (χ0) is 20.9. The molecule has 0 aliphatic carbocycles. The number of sulfonamides is 1. The summed E-state index contributed by atoms with van der Waals surface area (Å²) >= 11 is 0. The number of carbonyl (C=O) groups is 2. The predicted octanol–water partition coefficient (Wildman–Crippen LogP) is 2.11. The van der Waals surface area contributed by atoms with Gasteiger partial charge in [0.1, 0.15) is 5.60 Å². The summed E-state index contributed by atoms with van der Waals surface area (Å²) in [5.74, 6) is -0.329. The van der Waals surface area contributed by atoms with Crippen molar-refractivity contribution < 1.29 is 22.7 Å². The van der Waals surface area contributed by atoms with E-state index in [0.29, 0.717) is 25.9 Å². The summed E-state index contributed by atoms with van der Waals surface area (Å²) in [4.78, 5) is 26.3. The van der Waals surface area contributed by atoms with Gasteiger partial charge in [0.25, 0.3) is 5.91 Å². The van der Waals surface area contributed by atoms with Crippen molar-refractivity contribution in [2.24, 2.45) is 0 Å². The standard InChI is InChI=1S/C19H29N3O5S/c1-5-20-28(25,26)16-8-6-7-14(13-16)17(23)21-15-9-11-22(12-10-15)18(24)27-19(2,3)4/h6-8,13,15,20H,5,9-12H2,1-4H3,(H,21,23). The molecule has 1 heterocycles. The second-order valence-corrected chi connectivity index (χ2v) is 9.51. The summed E-state index contributed by atoms with van der Waals surface area (Å²) in [6.07, 6.45) is 0.874. The highest BCUT2D eigenvalue weighted by Gasteiger charge is 2.27. The number of piperidine rings is 1. The zero-order valence-corrected chi connectivity index (χ0v) is 17.6. The van der Waals surface area contributed by atoms with Gasteiger partial charge in [-0.05, 0) is 51.8 Å². The van der Waals surface area contributed by atoms with Gasteiger partial charge < -0.3 is 15.0 Å². The number of nitrogens with one attached hydrogen (secondary N) is 2. The van der Waals surface area contributed by atoms with Gasteiger partial charge in [-0.15, -0.1) is 0 Å². The van der Waals surface area contributed by atoms with E-state index in [4.69, 9.17) is 4.74 Å². The van der Waals surface area contributed by atoms with Gasteiger partial charge in [0.2, 0.25) is 10.0 Å². The quantitative estimate of drug-likeness (QED) is 0.772. The highest BCUT2D eigenvalue weighted by molar-refractivity contribution is 7.89. The van der Waals surface area contributed by atoms with Crippen LogP contribution in [0.15, 0.2) is 29.2 Å². The molecule has 1 aliphatic heterocycles. The number of hydrogen-bond acceptors (Lipinski definition) is 5. The fourth-order valence-electron chi connectivity index (χ4n) is 2.88. The first-order chi connectivity index (χ1) is 13.0. The maximum atomic E-state index is 12.5. The van der Waals surface area contributed by atoms with E-state index in [1.807, 2.05) is 20.8 Å². The molecule has 0 saturated carbocycles. The molecule has 2 rings (SSSR count). The smallest absolute Gasteiger partial charge is 0.410 e. The van der Waals surface area contributed by atoms with Crippen molar-refractivity contribution >= 4 is 22.0 Å². The van der Waals surface area contributed by atoms with E-state index in [1.165, 1.54) is 12.1 Å². The second kappa shape index (κ2) is 8.91. The first-order valence-electron chi connectivity index (χ1n) is 9.40. The van der Waals surface area contributed by atoms with Gasteiger partial charge in [0.05, 0.1) is 4.90 Å². The van der Waals surface area contributed by atoms with Crippen LogP contribution in [0.3, 0.4) is 0 Å². The van der Waals surface area contributed by atoms with E-state index in [0.717, 1.165) is 0 Å². The first kappa shape index (κ1) is 22.2. The van der Waals surface area contributed by atoms with E-state index in [-0.39, 0.29) is 35.0 Å². The third kappa shape index (κ3) is 6.20. The molecule has 1 aliphatic rings. The average Bonchev–Trinajstić information content (AvgIpc) is 2.61. The third-order valence-electron chi connectivity index (χ3n) is 4.22. The number of benzene rings is 1. The highest BCUT2D eigenvalue weighted by atomic mass is 32.2. The van der Waals surface area contributed by atoms with Gasteiger partial charge in [0, 0.05) is 31.2 Å². The van der Waals surface area contributed by atoms with E-state index in [2.05, 4.69) is 10.0 Å². The SMILES string of the molecule is CCNS(=O)(=O)c1cccc(C(=O)NC2CCN(C(=O)OC(C)(C)C)CC2)c1. The molecule has 0 spiro atoms. The van der Waals surface area contributed by atoms with Crippen molar-refractivity contribution in [2.45, 2.75) is 57.1 Å². The molecular weight excluding hydrogens is 382 g/mol. The summed E-state index contributed by atoms with van der Waals surface area (Å²) < 4.78 is 32.0. The van der Waals surface area contributed by atoms with Crippen molar-refractivity contribution in [3.63, 3.8) is 0 Å². The normalized spacial score (nSPS) is 15.9. The Morgan fingerprint density at radius 3 is 2.43 bits per heavy atom. The van der Waals surface area contributed by atoms with Gasteiger partial charge in [0.15, 0.2) is 0 Å². The van der Waals surface area contributed by atoms with Crippen molar-refractivity contribution in [1.82, 2.24) is 14.9 Å². The molecular formula is C19H29N3O5S. The van der Waals surface area contributed by atoms with Crippen LogP contribution in [-0.2, 0) is 14.8 Å². The molecule has 0 aromatic heterocycles. The molecule has 28 heavy (non-hydrogen) atoms. The topological polar surface area (TPSA) is 105 Å². The van der Waals surface area contributed by atoms with Gasteiger partial charge in [-0.3, -0.25) is 4.79 Å². The first-order valence-corrected chi connectivity index (χ1v) is 10.9. The number of amides is 2. The van der Waals surface area contributed by atoms with Crippen LogP contribution in [0.25, 0.3) is 0 Å². The van der Waals surface area contributed by atoms with Crippen LogP contribution in [0, 0.1) is 0 Å². The van der Waals surface area contributed by atoms with E-state index in [9.17, 15) is 18.0 Å². The Bertz CT molecular complexity index is 809. The minimum absolute atomic E-state index is 0.0572. The number of rotatable bonds is 5. The highest BCUT2D eigenvalue weighted by Crippen LogP contribution is 2.17. The van der Waals surface area contributed by atoms with Gasteiger partial charge in [-0.25, -0.2) is 17.9 Å². The monoisotopic (exact) mass is 411 g/mol. The molecule has 156 valence electrons. The molecule has 1 aromatic rings. The van der Waals surface area contributed by atoms with Crippen LogP contribution in [0.5, 0.6) is 0 Å². The zero-order valence-electron chi connectivity index (χ0n) is 16.8. The average molecular weight is 412 g/mol. The molecule has 1 fully saturated rings. The summed E-state index contributed by atoms with van der Waals surface area (Å²) in [6.45, 7) is 8.42. The van der Waals surface area contributed by atoms with Gasteiger partial charge in [-0.1, -0.05) is 13.0 Å². The molecule has 1 aromatic carbocycles. The van der Waals surface area contributed by atoms with E-state index < -0.39 is 15.6 Å². The lowest BCUT2D eigenvalue weighted by Crippen LogP contribution is -2.47. The van der Waals surface area contributed by atoms with Crippen LogP contribution < -0.4 is 10.0 Å². The summed E-state index contributed by atoms with van der Waals surface area (Å²) in [5, 5.41) is 2.92. The fourth-order valence-corrected chi connectivity index (χ4v) is 3.97. The Kier molecular flexibility index (Phi) is 7.06. The maximum Gasteiger partial charge on any atom is 0.410 e. The molecule has 0 radical (unpaired) electrons. The van der Waals surface area contributed by atoms with E-state index >= 15 is 0 Å². The number of hydrogen-bond donors (Lipinski definition) is 2. The molecule has 9 heteroatoms. The lowest BCUT2D eigenvalue weighted by molar-refractivity contribution is 0.0199. The minimum atomic E-state index is -3.62. The minimum Gasteiger partial charge on any atom is -0.444 e. The fraction of sp³-hybridized carbons (Fsp3) is 0.579. The summed E-state index contributed by atoms with van der Waals surface area (Å²) in [6, 6.07) is 5.86. The number of carbonyl (C=O) groups excluding carboxylic acids is 2. The number of likely N-dealkylation sites (tertiary alicyclic amines) is 1. The Hall–Kier alpha value is -2.13. The summed E-state index contributed by atoms with van der Waals surface area (Å²) in [5.41, 5.74) is -0.256. The van der Waals surface area contributed by atoms with Crippen LogP contribution in [0.1, 0.15) is 50.9 Å². The molecule has 1 saturated heterocycles. The van der Waals surface area contributed by atoms with Crippen molar-refractivity contribution in [3.05, 3.63) is 29.8 Å². The summed E-state index contributed by atoms with van der Waals surface area (Å²) in [7, 11) is -3.62. The number of ether oxygens (including phenoxy) is 1. The van der Waals surface area contributed by atoms with Gasteiger partial charge >= 0.3 is 6.09 Å². The molecule has 0 unspecified atom stereocenters. The van der Waals surface area contributed by atoms with Crippen molar-refractivity contribution in [3.8, 4) is 0 Å². The van der Waals surface area contributed by atoms with Crippen LogP contribution in [-0.4, -0.2) is 56.6 Å². The second-order valence-electron chi connectivity index (χ2n) is 7.74. The predicted molar refractivity (Wildman–Crippen MR) is 106 cm³/mol. The number of nitrogens with zero attached hydrogens (tertiary/aromatic N) is 1. The Balaban J connectivity index is 1.94. The van der Waals surface area contributed by atoms with E-state index in [1.54, 1.807) is 24.0 Å². The molecule has 0 bridgehead atoms. The maximum absolute atomic E-state index is 12.5. The molecule has 2 N–H and O–H groups in total. The Morgan fingerprint density at radius 1 is 1.21 bits per heavy atom. The van der Waals surface area contributed by atoms with Crippen molar-refractivity contribution in [2.75, 3.05) is 19.6 Å². The van der Waals surface area contributed by atoms with Crippen LogP contribution in [0.2, 0.25) is 0 Å². The molecule has 2 amide bonds. The van der Waals surface area contributed by atoms with Crippen molar-refractivity contribution in [1.29, 1.82) is 0 Å².